The highest BCUT2D eigenvalue weighted by molar-refractivity contribution is 7.98. The normalized spacial score (nSPS) is 31.4. The van der Waals surface area contributed by atoms with Crippen LogP contribution in [0, 0.1) is 11.8 Å². The van der Waals surface area contributed by atoms with E-state index < -0.39 is 6.04 Å². The van der Waals surface area contributed by atoms with Crippen molar-refractivity contribution in [1.29, 1.82) is 0 Å². The van der Waals surface area contributed by atoms with Crippen LogP contribution >= 0.6 is 11.8 Å². The molecule has 0 spiro atoms. The molecule has 0 aromatic carbocycles. The number of rotatable bonds is 6. The minimum atomic E-state index is -0.488. The van der Waals surface area contributed by atoms with E-state index in [1.165, 1.54) is 0 Å². The van der Waals surface area contributed by atoms with Crippen molar-refractivity contribution < 1.29 is 14.3 Å². The molecule has 4 atom stereocenters. The quantitative estimate of drug-likeness (QED) is 0.763. The Morgan fingerprint density at radius 2 is 2.14 bits per heavy atom. The van der Waals surface area contributed by atoms with Gasteiger partial charge >= 0.3 is 5.97 Å². The van der Waals surface area contributed by atoms with Gasteiger partial charge < -0.3 is 15.2 Å². The number of carbonyl (C=O) groups is 1. The van der Waals surface area contributed by atoms with E-state index in [1.54, 1.807) is 0 Å². The van der Waals surface area contributed by atoms with Crippen molar-refractivity contribution in [3.63, 3.8) is 0 Å². The topological polar surface area (TPSA) is 61.6 Å². The molecular weight excluding hydrogens is 286 g/mol. The first-order chi connectivity index (χ1) is 9.95. The van der Waals surface area contributed by atoms with E-state index in [2.05, 4.69) is 20.1 Å². The van der Waals surface area contributed by atoms with E-state index in [0.29, 0.717) is 24.9 Å². The summed E-state index contributed by atoms with van der Waals surface area (Å²) in [6.45, 7) is 6.92. The monoisotopic (exact) mass is 317 g/mol. The fourth-order valence-electron chi connectivity index (χ4n) is 2.76. The number of hydrogen-bond acceptors (Lipinski definition) is 5. The fraction of sp³-hybridized carbons (Fsp3) is 0.938. The molecule has 1 rings (SSSR count). The Morgan fingerprint density at radius 3 is 2.76 bits per heavy atom. The Balaban J connectivity index is 2.79. The highest BCUT2D eigenvalue weighted by Gasteiger charge is 2.33. The summed E-state index contributed by atoms with van der Waals surface area (Å²) in [5.41, 5.74) is 5.87. The van der Waals surface area contributed by atoms with Gasteiger partial charge in [-0.25, -0.2) is 0 Å². The lowest BCUT2D eigenvalue weighted by atomic mass is 9.90. The van der Waals surface area contributed by atoms with Crippen LogP contribution in [0.15, 0.2) is 0 Å². The summed E-state index contributed by atoms with van der Waals surface area (Å²) in [6.07, 6.45) is 5.69. The Kier molecular flexibility index (Phi) is 8.67. The fourth-order valence-corrected chi connectivity index (χ4v) is 3.29. The van der Waals surface area contributed by atoms with Crippen molar-refractivity contribution >= 4 is 17.7 Å². The number of cyclic esters (lactones) is 1. The molecule has 0 aliphatic carbocycles. The lowest BCUT2D eigenvalue weighted by Gasteiger charge is -2.31. The predicted molar refractivity (Wildman–Crippen MR) is 88.4 cm³/mol. The van der Waals surface area contributed by atoms with Crippen molar-refractivity contribution in [3.05, 3.63) is 0 Å². The van der Waals surface area contributed by atoms with Crippen molar-refractivity contribution in [3.8, 4) is 0 Å². The summed E-state index contributed by atoms with van der Waals surface area (Å²) in [5.74, 6) is 1.73. The van der Waals surface area contributed by atoms with Crippen molar-refractivity contribution in [1.82, 2.24) is 0 Å². The number of nitrogens with two attached hydrogens (primary N) is 1. The third kappa shape index (κ3) is 6.57. The summed E-state index contributed by atoms with van der Waals surface area (Å²) < 4.78 is 11.7. The van der Waals surface area contributed by atoms with E-state index in [0.717, 1.165) is 25.0 Å². The van der Waals surface area contributed by atoms with Gasteiger partial charge in [0.1, 0.15) is 12.1 Å². The Morgan fingerprint density at radius 1 is 1.43 bits per heavy atom. The molecule has 4 nitrogen and oxygen atoms in total. The van der Waals surface area contributed by atoms with Gasteiger partial charge in [0, 0.05) is 6.61 Å². The maximum absolute atomic E-state index is 11.9. The summed E-state index contributed by atoms with van der Waals surface area (Å²) >= 11 is 1.85. The molecular formula is C16H31NO3S. The maximum atomic E-state index is 11.9. The molecule has 21 heavy (non-hydrogen) atoms. The van der Waals surface area contributed by atoms with Crippen molar-refractivity contribution in [2.75, 3.05) is 18.6 Å². The van der Waals surface area contributed by atoms with Crippen molar-refractivity contribution in [2.24, 2.45) is 17.6 Å². The van der Waals surface area contributed by atoms with Gasteiger partial charge in [0.25, 0.3) is 0 Å². The summed E-state index contributed by atoms with van der Waals surface area (Å²) in [4.78, 5) is 11.9. The van der Waals surface area contributed by atoms with Crippen LogP contribution in [0.2, 0.25) is 0 Å². The molecule has 1 heterocycles. The largest absolute Gasteiger partial charge is 0.459 e. The van der Waals surface area contributed by atoms with Crippen LogP contribution in [0.1, 0.15) is 46.5 Å². The molecule has 0 bridgehead atoms. The Labute approximate surface area is 133 Å². The summed E-state index contributed by atoms with van der Waals surface area (Å²) in [5, 5.41) is 0. The molecule has 0 aromatic heterocycles. The van der Waals surface area contributed by atoms with Gasteiger partial charge in [0.2, 0.25) is 0 Å². The Bertz CT molecular complexity index is 312. The van der Waals surface area contributed by atoms with Gasteiger partial charge in [-0.1, -0.05) is 20.3 Å². The maximum Gasteiger partial charge on any atom is 0.323 e. The van der Waals surface area contributed by atoms with Gasteiger partial charge in [-0.3, -0.25) is 4.79 Å². The lowest BCUT2D eigenvalue weighted by Crippen LogP contribution is -2.40. The van der Waals surface area contributed by atoms with Crippen LogP contribution in [0.3, 0.4) is 0 Å². The SMILES string of the molecule is CSCC[C@H]1CCC[C@H](N)C(=O)O[C@@H](C)[C@@H]1OCC(C)C. The number of esters is 1. The highest BCUT2D eigenvalue weighted by Crippen LogP contribution is 2.27. The second-order valence-electron chi connectivity index (χ2n) is 6.41. The third-order valence-corrected chi connectivity index (χ3v) is 4.58. The minimum Gasteiger partial charge on any atom is -0.459 e. The highest BCUT2D eigenvalue weighted by atomic mass is 32.2. The van der Waals surface area contributed by atoms with Crippen molar-refractivity contribution in [2.45, 2.75) is 64.7 Å². The van der Waals surface area contributed by atoms with E-state index in [4.69, 9.17) is 15.2 Å². The first-order valence-corrected chi connectivity index (χ1v) is 9.41. The van der Waals surface area contributed by atoms with Crippen LogP contribution in [0.5, 0.6) is 0 Å². The molecule has 1 aliphatic heterocycles. The van der Waals surface area contributed by atoms with Gasteiger partial charge in [-0.05, 0) is 50.0 Å². The zero-order chi connectivity index (χ0) is 15.8. The molecule has 5 heteroatoms. The van der Waals surface area contributed by atoms with E-state index in [9.17, 15) is 4.79 Å². The zero-order valence-electron chi connectivity index (χ0n) is 13.8. The van der Waals surface area contributed by atoms with E-state index in [1.807, 2.05) is 18.7 Å². The molecule has 0 aromatic rings. The third-order valence-electron chi connectivity index (χ3n) is 3.94. The van der Waals surface area contributed by atoms with Gasteiger partial charge in [0.05, 0.1) is 6.10 Å². The number of hydrogen-bond donors (Lipinski definition) is 1. The molecule has 0 saturated carbocycles. The van der Waals surface area contributed by atoms with Crippen LogP contribution in [0.4, 0.5) is 0 Å². The summed E-state index contributed by atoms with van der Waals surface area (Å²) in [6, 6.07) is -0.488. The van der Waals surface area contributed by atoms with Gasteiger partial charge in [-0.15, -0.1) is 0 Å². The standard InChI is InChI=1S/C16H31NO3S/c1-11(2)10-19-15-12(3)20-16(18)14(17)7-5-6-13(15)8-9-21-4/h11-15H,5-10,17H2,1-4H3/t12-,13+,14-,15-/m0/s1. The van der Waals surface area contributed by atoms with Crippen LogP contribution in [0.25, 0.3) is 0 Å². The van der Waals surface area contributed by atoms with E-state index in [-0.39, 0.29) is 18.2 Å². The Hall–Kier alpha value is -0.260. The van der Waals surface area contributed by atoms with Crippen LogP contribution in [-0.2, 0) is 14.3 Å². The molecule has 1 fully saturated rings. The number of ether oxygens (including phenoxy) is 2. The molecule has 1 aliphatic rings. The first-order valence-electron chi connectivity index (χ1n) is 8.02. The molecule has 2 N–H and O–H groups in total. The second-order valence-corrected chi connectivity index (χ2v) is 7.40. The second kappa shape index (κ2) is 9.70. The zero-order valence-corrected chi connectivity index (χ0v) is 14.7. The number of carbonyl (C=O) groups excluding carboxylic acids is 1. The smallest absolute Gasteiger partial charge is 0.323 e. The van der Waals surface area contributed by atoms with Crippen LogP contribution < -0.4 is 5.73 Å². The minimum absolute atomic E-state index is 0.0196. The summed E-state index contributed by atoms with van der Waals surface area (Å²) in [7, 11) is 0. The molecule has 0 radical (unpaired) electrons. The molecule has 124 valence electrons. The first kappa shape index (κ1) is 18.8. The van der Waals surface area contributed by atoms with E-state index >= 15 is 0 Å². The average molecular weight is 317 g/mol. The molecule has 0 amide bonds. The molecule has 1 saturated heterocycles. The van der Waals surface area contributed by atoms with Gasteiger partial charge in [-0.2, -0.15) is 11.8 Å². The van der Waals surface area contributed by atoms with Crippen LogP contribution in [-0.4, -0.2) is 42.8 Å². The molecule has 0 unspecified atom stereocenters. The lowest BCUT2D eigenvalue weighted by molar-refractivity contribution is -0.160. The average Bonchev–Trinajstić information content (AvgIpc) is 2.46. The predicted octanol–water partition coefficient (Wildman–Crippen LogP) is 2.84. The number of thioether (sulfide) groups is 1. The van der Waals surface area contributed by atoms with Gasteiger partial charge in [0.15, 0.2) is 0 Å².